The summed E-state index contributed by atoms with van der Waals surface area (Å²) in [6.45, 7) is 0. The van der Waals surface area contributed by atoms with E-state index in [1.165, 1.54) is 99.4 Å². The minimum Gasteiger partial charge on any atom is -0.310 e. The van der Waals surface area contributed by atoms with Gasteiger partial charge < -0.3 is 4.90 Å². The van der Waals surface area contributed by atoms with Gasteiger partial charge in [-0.3, -0.25) is 0 Å². The maximum atomic E-state index is 2.50. The molecule has 2 aliphatic rings. The van der Waals surface area contributed by atoms with E-state index in [1.807, 2.05) is 0 Å². The summed E-state index contributed by atoms with van der Waals surface area (Å²) in [7, 11) is 0. The van der Waals surface area contributed by atoms with Crippen molar-refractivity contribution in [1.82, 2.24) is 0 Å². The van der Waals surface area contributed by atoms with Crippen molar-refractivity contribution in [1.29, 1.82) is 0 Å². The number of rotatable bonds is 8. The van der Waals surface area contributed by atoms with Crippen LogP contribution in [0.2, 0.25) is 0 Å². The molecular weight excluding hydrogens is 855 g/mol. The first-order valence-corrected chi connectivity index (χ1v) is 24.7. The van der Waals surface area contributed by atoms with E-state index >= 15 is 0 Å². The molecule has 1 heteroatoms. The molecule has 12 aromatic carbocycles. The van der Waals surface area contributed by atoms with Crippen LogP contribution in [0.15, 0.2) is 285 Å². The van der Waals surface area contributed by atoms with E-state index in [0.29, 0.717) is 0 Å². The van der Waals surface area contributed by atoms with Gasteiger partial charge in [-0.2, -0.15) is 0 Å². The second-order valence-electron chi connectivity index (χ2n) is 19.1. The van der Waals surface area contributed by atoms with Gasteiger partial charge in [-0.05, 0) is 142 Å². The molecule has 1 nitrogen and oxygen atoms in total. The zero-order chi connectivity index (χ0) is 46.9. The van der Waals surface area contributed by atoms with E-state index in [9.17, 15) is 0 Å². The topological polar surface area (TPSA) is 3.24 Å². The van der Waals surface area contributed by atoms with E-state index in [2.05, 4.69) is 290 Å². The van der Waals surface area contributed by atoms with E-state index in [1.54, 1.807) is 0 Å². The van der Waals surface area contributed by atoms with Crippen LogP contribution in [0.25, 0.3) is 54.9 Å². The summed E-state index contributed by atoms with van der Waals surface area (Å²) >= 11 is 0. The van der Waals surface area contributed by atoms with Gasteiger partial charge in [-0.15, -0.1) is 0 Å². The molecule has 14 rings (SSSR count). The fourth-order valence-corrected chi connectivity index (χ4v) is 12.7. The summed E-state index contributed by atoms with van der Waals surface area (Å²) in [5.41, 5.74) is 19.8. The number of fused-ring (bicyclic) bond motifs is 9. The van der Waals surface area contributed by atoms with Crippen molar-refractivity contribution in [3.05, 3.63) is 330 Å². The summed E-state index contributed by atoms with van der Waals surface area (Å²) in [5, 5.41) is 5.04. The van der Waals surface area contributed by atoms with Crippen LogP contribution in [0.1, 0.15) is 44.5 Å². The van der Waals surface area contributed by atoms with E-state index in [0.717, 1.165) is 17.1 Å². The van der Waals surface area contributed by atoms with E-state index < -0.39 is 10.8 Å². The minimum atomic E-state index is -0.549. The van der Waals surface area contributed by atoms with Gasteiger partial charge in [0.15, 0.2) is 0 Å². The Kier molecular flexibility index (Phi) is 9.41. The predicted octanol–water partition coefficient (Wildman–Crippen LogP) is 17.9. The average Bonchev–Trinajstić information content (AvgIpc) is 3.92. The van der Waals surface area contributed by atoms with Gasteiger partial charge in [0.25, 0.3) is 0 Å². The fourth-order valence-electron chi connectivity index (χ4n) is 12.7. The molecule has 0 amide bonds. The highest BCUT2D eigenvalue weighted by molar-refractivity contribution is 6.13. The normalized spacial score (nSPS) is 13.6. The van der Waals surface area contributed by atoms with Crippen molar-refractivity contribution in [2.24, 2.45) is 0 Å². The van der Waals surface area contributed by atoms with Crippen LogP contribution in [-0.2, 0) is 10.8 Å². The van der Waals surface area contributed by atoms with Crippen molar-refractivity contribution in [2.75, 3.05) is 4.90 Å². The Morgan fingerprint density at radius 1 is 0.225 bits per heavy atom. The molecule has 71 heavy (non-hydrogen) atoms. The molecule has 0 aromatic heterocycles. The van der Waals surface area contributed by atoms with E-state index in [-0.39, 0.29) is 0 Å². The van der Waals surface area contributed by atoms with Crippen LogP contribution in [0, 0.1) is 0 Å². The molecule has 2 aliphatic carbocycles. The number of hydrogen-bond acceptors (Lipinski definition) is 1. The van der Waals surface area contributed by atoms with Crippen LogP contribution in [-0.4, -0.2) is 0 Å². The molecular formula is C70H47N. The number of benzene rings is 12. The van der Waals surface area contributed by atoms with Gasteiger partial charge in [0, 0.05) is 17.1 Å². The summed E-state index contributed by atoms with van der Waals surface area (Å²) in [5.74, 6) is 0. The zero-order valence-corrected chi connectivity index (χ0v) is 39.1. The number of hydrogen-bond donors (Lipinski definition) is 0. The van der Waals surface area contributed by atoms with E-state index in [4.69, 9.17) is 0 Å². The molecule has 0 aliphatic heterocycles. The summed E-state index contributed by atoms with van der Waals surface area (Å²) < 4.78 is 0. The van der Waals surface area contributed by atoms with Gasteiger partial charge in [0.05, 0.1) is 10.8 Å². The van der Waals surface area contributed by atoms with Gasteiger partial charge in [0.2, 0.25) is 0 Å². The standard InChI is InChI=1S/C70H47N/c1-5-22-50(23-6-1)69(51-24-7-2-8-25-51)65-35-19-17-33-60(65)62-43-41-55(46-67(62)69)71(54-39-37-48(38-40-54)64-45-49-21-13-14-30-57(49)58-31-15-16-32-59(58)64)56-42-44-63-61-34-18-20-36-66(61)70(68(63)47-56,52-26-9-3-10-27-52)53-28-11-4-12-29-53/h1-47H. The number of nitrogens with zero attached hydrogens (tertiary/aromatic N) is 1. The first-order valence-electron chi connectivity index (χ1n) is 24.7. The lowest BCUT2D eigenvalue weighted by Crippen LogP contribution is -2.29. The molecule has 0 radical (unpaired) electrons. The first kappa shape index (κ1) is 41.0. The monoisotopic (exact) mass is 901 g/mol. The highest BCUT2D eigenvalue weighted by Gasteiger charge is 2.48. The molecule has 0 fully saturated rings. The highest BCUT2D eigenvalue weighted by Crippen LogP contribution is 2.59. The molecule has 0 N–H and O–H groups in total. The largest absolute Gasteiger partial charge is 0.310 e. The maximum absolute atomic E-state index is 2.50. The Labute approximate surface area is 415 Å². The quantitative estimate of drug-likeness (QED) is 0.137. The molecule has 12 aromatic rings. The third-order valence-corrected chi connectivity index (χ3v) is 15.6. The SMILES string of the molecule is c1ccc(C2(c3ccccc3)c3ccccc3-c3ccc(N(c4ccc(-c5cc6ccccc6c6ccccc56)cc4)c4ccc5c(c4)C(c4ccccc4)(c4ccccc4)c4ccccc4-5)cc32)cc1. The third kappa shape index (κ3) is 6.06. The fraction of sp³-hybridized carbons (Fsp3) is 0.0286. The maximum Gasteiger partial charge on any atom is 0.0714 e. The second kappa shape index (κ2) is 16.3. The number of anilines is 3. The summed E-state index contributed by atoms with van der Waals surface area (Å²) in [6.07, 6.45) is 0. The van der Waals surface area contributed by atoms with Crippen LogP contribution in [0.3, 0.4) is 0 Å². The molecule has 0 saturated carbocycles. The molecule has 0 heterocycles. The smallest absolute Gasteiger partial charge is 0.0714 e. The third-order valence-electron chi connectivity index (χ3n) is 15.6. The van der Waals surface area contributed by atoms with Gasteiger partial charge in [-0.1, -0.05) is 243 Å². The highest BCUT2D eigenvalue weighted by atomic mass is 15.1. The van der Waals surface area contributed by atoms with Crippen molar-refractivity contribution >= 4 is 38.6 Å². The molecule has 0 unspecified atom stereocenters. The van der Waals surface area contributed by atoms with Crippen molar-refractivity contribution in [2.45, 2.75) is 10.8 Å². The Morgan fingerprint density at radius 3 is 1.07 bits per heavy atom. The Morgan fingerprint density at radius 2 is 0.592 bits per heavy atom. The van der Waals surface area contributed by atoms with Gasteiger partial charge in [0.1, 0.15) is 0 Å². The Balaban J connectivity index is 1.03. The lowest BCUT2D eigenvalue weighted by molar-refractivity contribution is 0.767. The summed E-state index contributed by atoms with van der Waals surface area (Å²) in [6, 6.07) is 106. The van der Waals surface area contributed by atoms with Gasteiger partial charge in [-0.25, -0.2) is 0 Å². The molecule has 0 saturated heterocycles. The average molecular weight is 902 g/mol. The van der Waals surface area contributed by atoms with Crippen molar-refractivity contribution < 1.29 is 0 Å². The minimum absolute atomic E-state index is 0.549. The first-order chi connectivity index (χ1) is 35.2. The lowest BCUT2D eigenvalue weighted by atomic mass is 9.67. The summed E-state index contributed by atoms with van der Waals surface area (Å²) in [4.78, 5) is 2.50. The Hall–Kier alpha value is -9.04. The van der Waals surface area contributed by atoms with Crippen LogP contribution in [0.5, 0.6) is 0 Å². The van der Waals surface area contributed by atoms with Crippen LogP contribution < -0.4 is 4.90 Å². The van der Waals surface area contributed by atoms with Crippen molar-refractivity contribution in [3.63, 3.8) is 0 Å². The Bertz CT molecular complexity index is 3710. The van der Waals surface area contributed by atoms with Crippen LogP contribution in [0.4, 0.5) is 17.1 Å². The molecule has 0 atom stereocenters. The molecule has 0 bridgehead atoms. The van der Waals surface area contributed by atoms with Crippen LogP contribution >= 0.6 is 0 Å². The zero-order valence-electron chi connectivity index (χ0n) is 39.1. The molecule has 0 spiro atoms. The predicted molar refractivity (Wildman–Crippen MR) is 296 cm³/mol. The molecule has 332 valence electrons. The second-order valence-corrected chi connectivity index (χ2v) is 19.1. The van der Waals surface area contributed by atoms with Crippen molar-refractivity contribution in [3.8, 4) is 33.4 Å². The lowest BCUT2D eigenvalue weighted by Gasteiger charge is -2.36. The van der Waals surface area contributed by atoms with Gasteiger partial charge >= 0.3 is 0 Å².